The molecule has 0 atom stereocenters. The average Bonchev–Trinajstić information content (AvgIpc) is 2.81. The fourth-order valence-corrected chi connectivity index (χ4v) is 4.64. The van der Waals surface area contributed by atoms with Gasteiger partial charge in [0.05, 0.1) is 5.56 Å². The van der Waals surface area contributed by atoms with E-state index >= 15 is 0 Å². The molecular weight excluding hydrogens is 482 g/mol. The summed E-state index contributed by atoms with van der Waals surface area (Å²) in [6, 6.07) is 32.5. The van der Waals surface area contributed by atoms with Gasteiger partial charge in [0.25, 0.3) is 4.52 Å². The summed E-state index contributed by atoms with van der Waals surface area (Å²) in [5, 5.41) is 0. The van der Waals surface area contributed by atoms with Crippen LogP contribution in [0.25, 0.3) is 0 Å². The van der Waals surface area contributed by atoms with E-state index in [1.54, 1.807) is 97.1 Å². The molecule has 0 aliphatic heterocycles. The second-order valence-corrected chi connectivity index (χ2v) is 9.48. The van der Waals surface area contributed by atoms with Crippen LogP contribution in [-0.4, -0.2) is 0 Å². The van der Waals surface area contributed by atoms with Crippen molar-refractivity contribution in [3.63, 3.8) is 0 Å². The molecule has 168 valence electrons. The number of halogens is 2. The molecule has 0 bridgehead atoms. The fraction of sp³-hybridized carbons (Fsp3) is 0.0400. The Morgan fingerprint density at radius 1 is 0.545 bits per heavy atom. The first-order valence-corrected chi connectivity index (χ1v) is 12.2. The maximum atomic E-state index is 13.8. The second-order valence-electron chi connectivity index (χ2n) is 6.78. The molecule has 0 saturated carbocycles. The predicted octanol–water partition coefficient (Wildman–Crippen LogP) is 8.00. The summed E-state index contributed by atoms with van der Waals surface area (Å²) in [4.78, 5) is 0. The van der Waals surface area contributed by atoms with Gasteiger partial charge >= 0.3 is 7.82 Å². The largest absolute Gasteiger partial charge is 0.647 e. The van der Waals surface area contributed by atoms with Crippen LogP contribution < -0.4 is 18.3 Å². The van der Waals surface area contributed by atoms with Crippen molar-refractivity contribution < 1.29 is 22.9 Å². The smallest absolute Gasteiger partial charge is 0.454 e. The van der Waals surface area contributed by atoms with Crippen LogP contribution in [0, 0.1) is 0 Å². The zero-order chi connectivity index (χ0) is 23.2. The maximum absolute atomic E-state index is 13.8. The fourth-order valence-electron chi connectivity index (χ4n) is 2.88. The first-order valence-electron chi connectivity index (χ1n) is 9.94. The van der Waals surface area contributed by atoms with Gasteiger partial charge in [0.2, 0.25) is 0 Å². The van der Waals surface area contributed by atoms with Gasteiger partial charge in [0.1, 0.15) is 23.0 Å². The van der Waals surface area contributed by atoms with Crippen molar-refractivity contribution in [3.05, 3.63) is 121 Å². The van der Waals surface area contributed by atoms with Gasteiger partial charge in [0, 0.05) is 0 Å². The second kappa shape index (κ2) is 10.2. The molecule has 0 aliphatic rings. The van der Waals surface area contributed by atoms with Crippen molar-refractivity contribution in [1.82, 2.24) is 0 Å². The third kappa shape index (κ3) is 6.23. The van der Waals surface area contributed by atoms with Crippen molar-refractivity contribution in [2.24, 2.45) is 0 Å². The van der Waals surface area contributed by atoms with Gasteiger partial charge in [-0.05, 0) is 48.5 Å². The van der Waals surface area contributed by atoms with E-state index in [0.29, 0.717) is 17.2 Å². The van der Waals surface area contributed by atoms with Gasteiger partial charge in [-0.25, -0.2) is 0 Å². The SMILES string of the molecule is O=P(Oc1ccccc1)(Oc1ccccc1)Oc1ccccc1C(Cl)(Cl)Oc1ccccc1. The molecule has 0 radical (unpaired) electrons. The zero-order valence-electron chi connectivity index (χ0n) is 17.2. The van der Waals surface area contributed by atoms with Crippen LogP contribution in [0.2, 0.25) is 0 Å². The van der Waals surface area contributed by atoms with Crippen molar-refractivity contribution in [1.29, 1.82) is 0 Å². The quantitative estimate of drug-likeness (QED) is 0.172. The highest BCUT2D eigenvalue weighted by molar-refractivity contribution is 7.49. The lowest BCUT2D eigenvalue weighted by molar-refractivity contribution is 0.239. The van der Waals surface area contributed by atoms with Crippen LogP contribution in [-0.2, 0) is 9.08 Å². The van der Waals surface area contributed by atoms with Crippen LogP contribution in [0.15, 0.2) is 115 Å². The molecule has 0 spiro atoms. The number of hydrogen-bond donors (Lipinski definition) is 0. The van der Waals surface area contributed by atoms with Crippen molar-refractivity contribution >= 4 is 31.0 Å². The Balaban J connectivity index is 1.67. The standard InChI is InChI=1S/C25H19Cl2O5P/c26-25(27,29-20-12-4-1-5-13-20)23-18-10-11-19-24(23)32-33(28,30-21-14-6-2-7-15-21)31-22-16-8-3-9-17-22/h1-19H. The number of para-hydroxylation sites is 4. The molecular formula is C25H19Cl2O5P. The third-order valence-corrected chi connectivity index (χ3v) is 6.17. The van der Waals surface area contributed by atoms with E-state index in [0.717, 1.165) is 0 Å². The van der Waals surface area contributed by atoms with E-state index in [4.69, 9.17) is 41.5 Å². The summed E-state index contributed by atoms with van der Waals surface area (Å²) >= 11 is 13.1. The lowest BCUT2D eigenvalue weighted by Crippen LogP contribution is -2.20. The van der Waals surface area contributed by atoms with Crippen LogP contribution in [0.1, 0.15) is 5.56 Å². The van der Waals surface area contributed by atoms with Crippen LogP contribution in [0.4, 0.5) is 0 Å². The molecule has 33 heavy (non-hydrogen) atoms. The highest BCUT2D eigenvalue weighted by Crippen LogP contribution is 2.52. The molecule has 0 aromatic heterocycles. The van der Waals surface area contributed by atoms with E-state index in [2.05, 4.69) is 0 Å². The number of ether oxygens (including phenoxy) is 1. The minimum absolute atomic E-state index is 0.0774. The number of hydrogen-bond acceptors (Lipinski definition) is 5. The molecule has 8 heteroatoms. The molecule has 4 aromatic carbocycles. The molecule has 0 saturated heterocycles. The first-order chi connectivity index (χ1) is 15.9. The minimum atomic E-state index is -4.24. The van der Waals surface area contributed by atoms with Gasteiger partial charge in [-0.3, -0.25) is 0 Å². The molecule has 0 fully saturated rings. The molecule has 0 unspecified atom stereocenters. The summed E-state index contributed by atoms with van der Waals surface area (Å²) in [5.74, 6) is 1.13. The number of phosphoric ester groups is 1. The Labute approximate surface area is 202 Å². The van der Waals surface area contributed by atoms with Crippen molar-refractivity contribution in [2.45, 2.75) is 4.52 Å². The van der Waals surface area contributed by atoms with Gasteiger partial charge in [0.15, 0.2) is 0 Å². The Morgan fingerprint density at radius 2 is 0.970 bits per heavy atom. The van der Waals surface area contributed by atoms with E-state index in [1.165, 1.54) is 0 Å². The summed E-state index contributed by atoms with van der Waals surface area (Å²) in [5.41, 5.74) is 0.228. The molecule has 0 amide bonds. The third-order valence-electron chi connectivity index (χ3n) is 4.32. The molecule has 0 N–H and O–H groups in total. The molecule has 5 nitrogen and oxygen atoms in total. The predicted molar refractivity (Wildman–Crippen MR) is 129 cm³/mol. The maximum Gasteiger partial charge on any atom is 0.647 e. The Morgan fingerprint density at radius 3 is 1.48 bits per heavy atom. The normalized spacial score (nSPS) is 11.5. The van der Waals surface area contributed by atoms with Crippen LogP contribution >= 0.6 is 31.0 Å². The van der Waals surface area contributed by atoms with Gasteiger partial charge in [-0.2, -0.15) is 4.57 Å². The van der Waals surface area contributed by atoms with Crippen LogP contribution in [0.5, 0.6) is 23.0 Å². The average molecular weight is 501 g/mol. The summed E-state index contributed by atoms with van der Waals surface area (Å²) in [6.45, 7) is 0. The molecule has 0 heterocycles. The Bertz CT molecular complexity index is 1180. The number of phosphoric acid groups is 1. The van der Waals surface area contributed by atoms with E-state index in [9.17, 15) is 4.57 Å². The monoisotopic (exact) mass is 500 g/mol. The van der Waals surface area contributed by atoms with E-state index < -0.39 is 12.3 Å². The Hall–Kier alpha value is -3.11. The summed E-state index contributed by atoms with van der Waals surface area (Å²) in [6.07, 6.45) is 0. The van der Waals surface area contributed by atoms with E-state index in [1.807, 2.05) is 18.2 Å². The Kier molecular flexibility index (Phi) is 7.14. The number of benzene rings is 4. The minimum Gasteiger partial charge on any atom is -0.454 e. The van der Waals surface area contributed by atoms with E-state index in [-0.39, 0.29) is 11.3 Å². The van der Waals surface area contributed by atoms with Gasteiger partial charge < -0.3 is 18.3 Å². The van der Waals surface area contributed by atoms with Crippen molar-refractivity contribution in [2.75, 3.05) is 0 Å². The molecule has 0 aliphatic carbocycles. The number of rotatable bonds is 9. The number of alkyl halides is 2. The highest BCUT2D eigenvalue weighted by atomic mass is 35.5. The molecule has 4 rings (SSSR count). The first kappa shape index (κ1) is 23.1. The lowest BCUT2D eigenvalue weighted by atomic mass is 10.2. The lowest BCUT2D eigenvalue weighted by Gasteiger charge is -2.25. The highest BCUT2D eigenvalue weighted by Gasteiger charge is 2.38. The topological polar surface area (TPSA) is 54.0 Å². The molecule has 4 aromatic rings. The summed E-state index contributed by atoms with van der Waals surface area (Å²) in [7, 11) is -4.24. The van der Waals surface area contributed by atoms with Crippen molar-refractivity contribution in [3.8, 4) is 23.0 Å². The van der Waals surface area contributed by atoms with Gasteiger partial charge in [-0.15, -0.1) is 0 Å². The van der Waals surface area contributed by atoms with Gasteiger partial charge in [-0.1, -0.05) is 89.9 Å². The zero-order valence-corrected chi connectivity index (χ0v) is 19.6. The van der Waals surface area contributed by atoms with Crippen LogP contribution in [0.3, 0.4) is 0 Å². The summed E-state index contributed by atoms with van der Waals surface area (Å²) < 4.78 is 34.9.